The van der Waals surface area contributed by atoms with Gasteiger partial charge in [0.1, 0.15) is 11.6 Å². The SMILES string of the molecule is Cc1nc2c(c(NCCN)n1)CSC2. The van der Waals surface area contributed by atoms with Crippen molar-refractivity contribution in [1.29, 1.82) is 0 Å². The molecule has 0 atom stereocenters. The van der Waals surface area contributed by atoms with Gasteiger partial charge < -0.3 is 11.1 Å². The number of anilines is 1. The van der Waals surface area contributed by atoms with Gasteiger partial charge in [0.15, 0.2) is 0 Å². The van der Waals surface area contributed by atoms with Gasteiger partial charge in [-0.3, -0.25) is 0 Å². The van der Waals surface area contributed by atoms with Crippen molar-refractivity contribution in [3.8, 4) is 0 Å². The van der Waals surface area contributed by atoms with Crippen LogP contribution in [0.1, 0.15) is 17.1 Å². The molecule has 1 aromatic rings. The lowest BCUT2D eigenvalue weighted by Crippen LogP contribution is -2.16. The van der Waals surface area contributed by atoms with Crippen molar-refractivity contribution in [2.24, 2.45) is 5.73 Å². The summed E-state index contributed by atoms with van der Waals surface area (Å²) in [5.41, 5.74) is 7.89. The number of hydrogen-bond donors (Lipinski definition) is 2. The summed E-state index contributed by atoms with van der Waals surface area (Å²) in [6.45, 7) is 3.33. The predicted octanol–water partition coefficient (Wildman–Crippen LogP) is 0.902. The maximum atomic E-state index is 5.45. The van der Waals surface area contributed by atoms with E-state index in [1.807, 2.05) is 18.7 Å². The molecular formula is C9H14N4S. The first-order valence-electron chi connectivity index (χ1n) is 4.69. The largest absolute Gasteiger partial charge is 0.368 e. The number of rotatable bonds is 3. The zero-order chi connectivity index (χ0) is 9.97. The Morgan fingerprint density at radius 3 is 3.07 bits per heavy atom. The fourth-order valence-corrected chi connectivity index (χ4v) is 2.55. The van der Waals surface area contributed by atoms with Gasteiger partial charge in [0.05, 0.1) is 5.69 Å². The summed E-state index contributed by atoms with van der Waals surface area (Å²) in [6, 6.07) is 0. The number of fused-ring (bicyclic) bond motifs is 1. The van der Waals surface area contributed by atoms with Crippen LogP contribution in [0.4, 0.5) is 5.82 Å². The first-order valence-corrected chi connectivity index (χ1v) is 5.85. The lowest BCUT2D eigenvalue weighted by Gasteiger charge is -2.09. The fourth-order valence-electron chi connectivity index (χ4n) is 1.51. The molecule has 14 heavy (non-hydrogen) atoms. The molecule has 0 spiro atoms. The Bertz CT molecular complexity index is 340. The van der Waals surface area contributed by atoms with E-state index in [9.17, 15) is 0 Å². The van der Waals surface area contributed by atoms with Gasteiger partial charge in [0.25, 0.3) is 0 Å². The third-order valence-corrected chi connectivity index (χ3v) is 3.10. The van der Waals surface area contributed by atoms with Crippen molar-refractivity contribution in [3.63, 3.8) is 0 Å². The third-order valence-electron chi connectivity index (χ3n) is 2.13. The quantitative estimate of drug-likeness (QED) is 0.776. The summed E-state index contributed by atoms with van der Waals surface area (Å²) < 4.78 is 0. The Labute approximate surface area is 87.7 Å². The second-order valence-corrected chi connectivity index (χ2v) is 4.24. The molecule has 2 rings (SSSR count). The third kappa shape index (κ3) is 1.83. The highest BCUT2D eigenvalue weighted by Gasteiger charge is 2.18. The number of nitrogens with zero attached hydrogens (tertiary/aromatic N) is 2. The van der Waals surface area contributed by atoms with Crippen molar-refractivity contribution in [1.82, 2.24) is 9.97 Å². The van der Waals surface area contributed by atoms with E-state index in [1.54, 1.807) is 0 Å². The molecule has 5 heteroatoms. The summed E-state index contributed by atoms with van der Waals surface area (Å²) in [5.74, 6) is 3.84. The van der Waals surface area contributed by atoms with Crippen LogP contribution < -0.4 is 11.1 Å². The average molecular weight is 210 g/mol. The molecular weight excluding hydrogens is 196 g/mol. The maximum absolute atomic E-state index is 5.45. The molecule has 0 saturated heterocycles. The van der Waals surface area contributed by atoms with E-state index >= 15 is 0 Å². The lowest BCUT2D eigenvalue weighted by molar-refractivity contribution is 0.954. The minimum atomic E-state index is 0.630. The first kappa shape index (κ1) is 9.73. The fraction of sp³-hybridized carbons (Fsp3) is 0.556. The zero-order valence-corrected chi connectivity index (χ0v) is 9.02. The van der Waals surface area contributed by atoms with E-state index < -0.39 is 0 Å². The van der Waals surface area contributed by atoms with Crippen LogP contribution >= 0.6 is 11.8 Å². The molecule has 0 saturated carbocycles. The van der Waals surface area contributed by atoms with E-state index in [2.05, 4.69) is 15.3 Å². The monoisotopic (exact) mass is 210 g/mol. The highest BCUT2D eigenvalue weighted by molar-refractivity contribution is 7.98. The van der Waals surface area contributed by atoms with Crippen molar-refractivity contribution < 1.29 is 0 Å². The van der Waals surface area contributed by atoms with Crippen LogP contribution in [0.15, 0.2) is 0 Å². The molecule has 0 aliphatic carbocycles. The molecule has 76 valence electrons. The summed E-state index contributed by atoms with van der Waals surface area (Å²) >= 11 is 1.89. The van der Waals surface area contributed by atoms with E-state index in [4.69, 9.17) is 5.73 Å². The van der Waals surface area contributed by atoms with Crippen LogP contribution in [-0.4, -0.2) is 23.1 Å². The molecule has 1 aliphatic heterocycles. The Morgan fingerprint density at radius 1 is 1.43 bits per heavy atom. The Morgan fingerprint density at radius 2 is 2.29 bits per heavy atom. The molecule has 0 radical (unpaired) electrons. The molecule has 3 N–H and O–H groups in total. The summed E-state index contributed by atoms with van der Waals surface area (Å²) in [7, 11) is 0. The van der Waals surface area contributed by atoms with Crippen LogP contribution in [0, 0.1) is 6.92 Å². The summed E-state index contributed by atoms with van der Waals surface area (Å²) in [6.07, 6.45) is 0. The standard InChI is InChI=1S/C9H14N4S/c1-6-12-8-5-14-4-7(8)9(13-6)11-3-2-10/h2-5,10H2,1H3,(H,11,12,13). The smallest absolute Gasteiger partial charge is 0.134 e. The van der Waals surface area contributed by atoms with Crippen LogP contribution in [-0.2, 0) is 11.5 Å². The van der Waals surface area contributed by atoms with Gasteiger partial charge in [-0.1, -0.05) is 0 Å². The molecule has 4 nitrogen and oxygen atoms in total. The number of nitrogens with two attached hydrogens (primary N) is 1. The topological polar surface area (TPSA) is 63.8 Å². The van der Waals surface area contributed by atoms with Crippen molar-refractivity contribution in [3.05, 3.63) is 17.1 Å². The summed E-state index contributed by atoms with van der Waals surface area (Å²) in [4.78, 5) is 8.81. The molecule has 0 fully saturated rings. The van der Waals surface area contributed by atoms with Gasteiger partial charge in [0, 0.05) is 30.2 Å². The van der Waals surface area contributed by atoms with E-state index in [0.717, 1.165) is 29.7 Å². The van der Waals surface area contributed by atoms with E-state index in [1.165, 1.54) is 11.3 Å². The lowest BCUT2D eigenvalue weighted by atomic mass is 10.2. The van der Waals surface area contributed by atoms with Gasteiger partial charge in [-0.15, -0.1) is 0 Å². The van der Waals surface area contributed by atoms with Crippen molar-refractivity contribution in [2.45, 2.75) is 18.4 Å². The Kier molecular flexibility index (Phi) is 2.88. The summed E-state index contributed by atoms with van der Waals surface area (Å²) in [5, 5.41) is 3.25. The number of hydrogen-bond acceptors (Lipinski definition) is 5. The second kappa shape index (κ2) is 4.14. The molecule has 0 bridgehead atoms. The predicted molar refractivity (Wildman–Crippen MR) is 59.3 cm³/mol. The van der Waals surface area contributed by atoms with E-state index in [0.29, 0.717) is 6.54 Å². The van der Waals surface area contributed by atoms with Crippen molar-refractivity contribution >= 4 is 17.6 Å². The van der Waals surface area contributed by atoms with E-state index in [-0.39, 0.29) is 0 Å². The molecule has 2 heterocycles. The van der Waals surface area contributed by atoms with Crippen LogP contribution in [0.25, 0.3) is 0 Å². The number of aromatic nitrogens is 2. The Balaban J connectivity index is 2.29. The van der Waals surface area contributed by atoms with Gasteiger partial charge in [-0.2, -0.15) is 11.8 Å². The highest BCUT2D eigenvalue weighted by atomic mass is 32.2. The van der Waals surface area contributed by atoms with Gasteiger partial charge in [-0.25, -0.2) is 9.97 Å². The minimum absolute atomic E-state index is 0.630. The van der Waals surface area contributed by atoms with Crippen molar-refractivity contribution in [2.75, 3.05) is 18.4 Å². The van der Waals surface area contributed by atoms with Gasteiger partial charge in [-0.05, 0) is 6.92 Å². The van der Waals surface area contributed by atoms with Gasteiger partial charge >= 0.3 is 0 Å². The normalized spacial score (nSPS) is 14.1. The van der Waals surface area contributed by atoms with Crippen LogP contribution in [0.5, 0.6) is 0 Å². The molecule has 0 amide bonds. The zero-order valence-electron chi connectivity index (χ0n) is 8.21. The first-order chi connectivity index (χ1) is 6.81. The van der Waals surface area contributed by atoms with Crippen LogP contribution in [0.3, 0.4) is 0 Å². The molecule has 0 aromatic carbocycles. The Hall–Kier alpha value is -0.810. The molecule has 1 aromatic heterocycles. The second-order valence-electron chi connectivity index (χ2n) is 3.25. The average Bonchev–Trinajstić information content (AvgIpc) is 2.61. The van der Waals surface area contributed by atoms with Crippen LogP contribution in [0.2, 0.25) is 0 Å². The number of nitrogens with one attached hydrogen (secondary N) is 1. The van der Waals surface area contributed by atoms with Gasteiger partial charge in [0.2, 0.25) is 0 Å². The highest BCUT2D eigenvalue weighted by Crippen LogP contribution is 2.32. The molecule has 0 unspecified atom stereocenters. The number of thioether (sulfide) groups is 1. The maximum Gasteiger partial charge on any atom is 0.134 e. The minimum Gasteiger partial charge on any atom is -0.368 e. The number of aryl methyl sites for hydroxylation is 1. The molecule has 1 aliphatic rings.